The highest BCUT2D eigenvalue weighted by Crippen LogP contribution is 2.66. The maximum absolute atomic E-state index is 10.3. The molecule has 0 radical (unpaired) electrons. The first kappa shape index (κ1) is 18.6. The van der Waals surface area contributed by atoms with Gasteiger partial charge in [0, 0.05) is 24.9 Å². The molecule has 2 saturated heterocycles. The van der Waals surface area contributed by atoms with Gasteiger partial charge < -0.3 is 9.47 Å². The van der Waals surface area contributed by atoms with Crippen LogP contribution in [0.2, 0.25) is 0 Å². The Morgan fingerprint density at radius 3 is 2.38 bits per heavy atom. The summed E-state index contributed by atoms with van der Waals surface area (Å²) in [6.45, 7) is 1.66. The number of benzene rings is 1. The molecule has 4 unspecified atom stereocenters. The Labute approximate surface area is 168 Å². The molecule has 2 aliphatic rings. The lowest BCUT2D eigenvalue weighted by molar-refractivity contribution is -0.272. The van der Waals surface area contributed by atoms with Gasteiger partial charge in [-0.3, -0.25) is 10.4 Å². The molecule has 142 valence electrons. The molecular formula is C22H17N5O2. The van der Waals surface area contributed by atoms with E-state index in [1.165, 1.54) is 6.20 Å². The third kappa shape index (κ3) is 2.30. The topological polar surface area (TPSA) is 127 Å². The average Bonchev–Trinajstić information content (AvgIpc) is 2.91. The molecule has 1 N–H and O–H groups in total. The summed E-state index contributed by atoms with van der Waals surface area (Å²) >= 11 is 0. The minimum atomic E-state index is -1.97. The van der Waals surface area contributed by atoms with E-state index in [4.69, 9.17) is 14.9 Å². The number of hydrogen-bond acceptors (Lipinski definition) is 7. The largest absolute Gasteiger partial charge is 0.448 e. The predicted molar refractivity (Wildman–Crippen MR) is 101 cm³/mol. The molecule has 0 amide bonds. The first-order chi connectivity index (χ1) is 14.0. The molecule has 1 aromatic heterocycles. The van der Waals surface area contributed by atoms with E-state index in [9.17, 15) is 15.8 Å². The summed E-state index contributed by atoms with van der Waals surface area (Å²) < 4.78 is 12.0. The quantitative estimate of drug-likeness (QED) is 0.866. The molecule has 4 atom stereocenters. The van der Waals surface area contributed by atoms with Gasteiger partial charge in [0.2, 0.25) is 17.1 Å². The molecular weight excluding hydrogens is 366 g/mol. The lowest BCUT2D eigenvalue weighted by atomic mass is 9.52. The fraction of sp³-hybridized carbons (Fsp3) is 0.318. The molecule has 2 fully saturated rings. The van der Waals surface area contributed by atoms with Gasteiger partial charge >= 0.3 is 0 Å². The summed E-state index contributed by atoms with van der Waals surface area (Å²) in [5.74, 6) is -2.47. The van der Waals surface area contributed by atoms with Crippen molar-refractivity contribution in [2.45, 2.75) is 25.2 Å². The van der Waals surface area contributed by atoms with E-state index in [-0.39, 0.29) is 0 Å². The summed E-state index contributed by atoms with van der Waals surface area (Å²) in [5.41, 5.74) is -2.38. The fourth-order valence-electron chi connectivity index (χ4n) is 4.57. The first-order valence-electron chi connectivity index (χ1n) is 9.11. The van der Waals surface area contributed by atoms with Crippen LogP contribution in [0.1, 0.15) is 24.2 Å². The van der Waals surface area contributed by atoms with Crippen molar-refractivity contribution < 1.29 is 9.47 Å². The standard InChI is InChI=1S/C22H17N5O2/c1-20-17(10-15-6-3-2-4-7-15)22(14-25,19(26)29-20)21(12-23,13-24)18(28-20)16-8-5-9-27-11-16/h2-9,11,17-18,26H,10H2,1H3. The number of hydrogen-bond donors (Lipinski definition) is 1. The van der Waals surface area contributed by atoms with Gasteiger partial charge in [0.25, 0.3) is 0 Å². The van der Waals surface area contributed by atoms with E-state index in [0.29, 0.717) is 12.0 Å². The van der Waals surface area contributed by atoms with Crippen LogP contribution in [0, 0.1) is 56.2 Å². The third-order valence-corrected chi connectivity index (χ3v) is 5.98. The Bertz CT molecular complexity index is 1070. The Kier molecular flexibility index (Phi) is 4.12. The highest BCUT2D eigenvalue weighted by atomic mass is 16.7. The fourth-order valence-corrected chi connectivity index (χ4v) is 4.57. The SMILES string of the molecule is CC12OC(=N)C(C#N)(C1Cc1ccccc1)C(C#N)(C#N)C(c1cccnc1)O2. The van der Waals surface area contributed by atoms with Gasteiger partial charge in [-0.2, -0.15) is 15.8 Å². The van der Waals surface area contributed by atoms with E-state index < -0.39 is 34.5 Å². The van der Waals surface area contributed by atoms with Crippen LogP contribution in [0.25, 0.3) is 0 Å². The number of ether oxygens (including phenoxy) is 2. The molecule has 2 aliphatic heterocycles. The summed E-state index contributed by atoms with van der Waals surface area (Å²) in [4.78, 5) is 4.07. The number of aromatic nitrogens is 1. The number of pyridine rings is 1. The molecule has 3 heterocycles. The summed E-state index contributed by atoms with van der Waals surface area (Å²) in [7, 11) is 0. The summed E-state index contributed by atoms with van der Waals surface area (Å²) in [6.07, 6.45) is 2.30. The molecule has 0 aliphatic carbocycles. The zero-order valence-electron chi connectivity index (χ0n) is 15.7. The van der Waals surface area contributed by atoms with Gasteiger partial charge in [0.15, 0.2) is 5.41 Å². The van der Waals surface area contributed by atoms with Crippen LogP contribution in [0.15, 0.2) is 54.9 Å². The number of nitrogens with zero attached hydrogens (tertiary/aromatic N) is 4. The first-order valence-corrected chi connectivity index (χ1v) is 9.11. The zero-order chi connectivity index (χ0) is 20.7. The van der Waals surface area contributed by atoms with Crippen molar-refractivity contribution in [3.63, 3.8) is 0 Å². The van der Waals surface area contributed by atoms with Crippen molar-refractivity contribution in [2.24, 2.45) is 16.7 Å². The van der Waals surface area contributed by atoms with Gasteiger partial charge in [-0.05, 0) is 18.1 Å². The van der Waals surface area contributed by atoms with Crippen LogP contribution < -0.4 is 0 Å². The minimum Gasteiger partial charge on any atom is -0.448 e. The molecule has 4 rings (SSSR count). The second kappa shape index (κ2) is 6.41. The molecule has 7 heteroatoms. The lowest BCUT2D eigenvalue weighted by Gasteiger charge is -2.48. The molecule has 2 bridgehead atoms. The van der Waals surface area contributed by atoms with Crippen molar-refractivity contribution >= 4 is 5.90 Å². The highest BCUT2D eigenvalue weighted by Gasteiger charge is 2.79. The van der Waals surface area contributed by atoms with Crippen LogP contribution >= 0.6 is 0 Å². The van der Waals surface area contributed by atoms with Crippen molar-refractivity contribution in [3.8, 4) is 18.2 Å². The van der Waals surface area contributed by atoms with Crippen LogP contribution in [-0.4, -0.2) is 16.7 Å². The Balaban J connectivity index is 1.95. The predicted octanol–water partition coefficient (Wildman–Crippen LogP) is 3.28. The summed E-state index contributed by atoms with van der Waals surface area (Å²) in [5, 5.41) is 39.2. The van der Waals surface area contributed by atoms with E-state index in [1.807, 2.05) is 42.5 Å². The molecule has 0 saturated carbocycles. The molecule has 1 aromatic carbocycles. The van der Waals surface area contributed by atoms with E-state index in [0.717, 1.165) is 5.56 Å². The molecule has 2 aromatic rings. The zero-order valence-corrected chi connectivity index (χ0v) is 15.7. The molecule has 29 heavy (non-hydrogen) atoms. The van der Waals surface area contributed by atoms with E-state index in [2.05, 4.69) is 11.1 Å². The number of fused-ring (bicyclic) bond motifs is 2. The van der Waals surface area contributed by atoms with Crippen LogP contribution in [-0.2, 0) is 15.9 Å². The smallest absolute Gasteiger partial charge is 0.215 e. The lowest BCUT2D eigenvalue weighted by Crippen LogP contribution is -2.59. The molecule has 7 nitrogen and oxygen atoms in total. The second-order valence-corrected chi connectivity index (χ2v) is 7.43. The Morgan fingerprint density at radius 2 is 1.79 bits per heavy atom. The van der Waals surface area contributed by atoms with E-state index >= 15 is 0 Å². The number of rotatable bonds is 3. The van der Waals surface area contributed by atoms with Crippen molar-refractivity contribution in [1.29, 1.82) is 21.2 Å². The van der Waals surface area contributed by atoms with Gasteiger partial charge in [-0.25, -0.2) is 0 Å². The Hall–Kier alpha value is -3.73. The van der Waals surface area contributed by atoms with Gasteiger partial charge in [-0.1, -0.05) is 36.4 Å². The summed E-state index contributed by atoms with van der Waals surface area (Å²) in [6, 6.07) is 19.0. The van der Waals surface area contributed by atoms with Crippen LogP contribution in [0.3, 0.4) is 0 Å². The maximum atomic E-state index is 10.3. The van der Waals surface area contributed by atoms with Crippen molar-refractivity contribution in [2.75, 3.05) is 0 Å². The number of nitrogens with one attached hydrogen (secondary N) is 1. The normalized spacial score (nSPS) is 31.7. The van der Waals surface area contributed by atoms with Crippen molar-refractivity contribution in [3.05, 3.63) is 66.0 Å². The minimum absolute atomic E-state index is 0.318. The van der Waals surface area contributed by atoms with Gasteiger partial charge in [0.05, 0.1) is 24.1 Å². The van der Waals surface area contributed by atoms with Gasteiger partial charge in [-0.15, -0.1) is 0 Å². The highest BCUT2D eigenvalue weighted by molar-refractivity contribution is 5.89. The van der Waals surface area contributed by atoms with E-state index in [1.54, 1.807) is 25.3 Å². The van der Waals surface area contributed by atoms with Crippen LogP contribution in [0.4, 0.5) is 0 Å². The average molecular weight is 383 g/mol. The third-order valence-electron chi connectivity index (χ3n) is 5.98. The molecule has 0 spiro atoms. The monoisotopic (exact) mass is 383 g/mol. The Morgan fingerprint density at radius 1 is 1.07 bits per heavy atom. The second-order valence-electron chi connectivity index (χ2n) is 7.43. The number of nitriles is 3. The maximum Gasteiger partial charge on any atom is 0.215 e. The van der Waals surface area contributed by atoms with Crippen LogP contribution in [0.5, 0.6) is 0 Å². The van der Waals surface area contributed by atoms with Gasteiger partial charge in [0.1, 0.15) is 6.10 Å². The van der Waals surface area contributed by atoms with Crippen molar-refractivity contribution in [1.82, 2.24) is 4.98 Å².